The number of aromatic carboxylic acids is 1. The maximum absolute atomic E-state index is 11.6. The smallest absolute Gasteiger partial charge is 0.335 e. The molecule has 7 nitrogen and oxygen atoms in total. The number of rotatable bonds is 8. The Morgan fingerprint density at radius 1 is 1.24 bits per heavy atom. The molecule has 0 bridgehead atoms. The standard InChI is InChI=1S/C13H16O7S/c1-19-12(14)5-7-21(17,18)8-6-20-11-4-2-3-10(9-11)13(15)16/h2-4,9H,5-8H2,1H3,(H,15,16). The van der Waals surface area contributed by atoms with Gasteiger partial charge in [0.1, 0.15) is 12.4 Å². The van der Waals surface area contributed by atoms with Gasteiger partial charge in [-0.15, -0.1) is 0 Å². The van der Waals surface area contributed by atoms with Gasteiger partial charge in [0.15, 0.2) is 9.84 Å². The SMILES string of the molecule is COC(=O)CCS(=O)(=O)CCOc1cccc(C(=O)O)c1. The van der Waals surface area contributed by atoms with Crippen LogP contribution in [0.4, 0.5) is 0 Å². The second-order valence-corrected chi connectivity index (χ2v) is 6.46. The van der Waals surface area contributed by atoms with E-state index in [9.17, 15) is 18.0 Å². The number of methoxy groups -OCH3 is 1. The van der Waals surface area contributed by atoms with Gasteiger partial charge in [-0.3, -0.25) is 4.79 Å². The van der Waals surface area contributed by atoms with Crippen molar-refractivity contribution < 1.29 is 32.6 Å². The summed E-state index contributed by atoms with van der Waals surface area (Å²) in [6.45, 7) is -0.118. The summed E-state index contributed by atoms with van der Waals surface area (Å²) < 4.78 is 32.8. The van der Waals surface area contributed by atoms with Crippen molar-refractivity contribution in [2.75, 3.05) is 25.2 Å². The zero-order valence-corrected chi connectivity index (χ0v) is 12.3. The first-order chi connectivity index (χ1) is 9.84. The number of sulfone groups is 1. The van der Waals surface area contributed by atoms with Gasteiger partial charge in [-0.05, 0) is 18.2 Å². The summed E-state index contributed by atoms with van der Waals surface area (Å²) in [6, 6.07) is 5.75. The molecule has 0 aliphatic heterocycles. The Bertz CT molecular complexity index is 607. The molecule has 0 saturated heterocycles. The molecule has 0 amide bonds. The Morgan fingerprint density at radius 3 is 2.57 bits per heavy atom. The lowest BCUT2D eigenvalue weighted by Gasteiger charge is -2.07. The maximum Gasteiger partial charge on any atom is 0.335 e. The Morgan fingerprint density at radius 2 is 1.95 bits per heavy atom. The summed E-state index contributed by atoms with van der Waals surface area (Å²) in [5.41, 5.74) is 0.0565. The normalized spacial score (nSPS) is 10.9. The van der Waals surface area contributed by atoms with Gasteiger partial charge >= 0.3 is 11.9 Å². The lowest BCUT2D eigenvalue weighted by atomic mass is 10.2. The topological polar surface area (TPSA) is 107 Å². The number of carboxylic acids is 1. The zero-order chi connectivity index (χ0) is 15.9. The van der Waals surface area contributed by atoms with Crippen molar-refractivity contribution in [3.8, 4) is 5.75 Å². The van der Waals surface area contributed by atoms with Crippen molar-refractivity contribution in [2.45, 2.75) is 6.42 Å². The van der Waals surface area contributed by atoms with E-state index < -0.39 is 21.8 Å². The molecule has 0 spiro atoms. The monoisotopic (exact) mass is 316 g/mol. The highest BCUT2D eigenvalue weighted by molar-refractivity contribution is 7.91. The Balaban J connectivity index is 2.47. The molecule has 0 atom stereocenters. The van der Waals surface area contributed by atoms with Crippen molar-refractivity contribution >= 4 is 21.8 Å². The number of esters is 1. The molecule has 0 saturated carbocycles. The summed E-state index contributed by atoms with van der Waals surface area (Å²) in [5.74, 6) is -1.97. The number of hydrogen-bond acceptors (Lipinski definition) is 6. The molecule has 0 heterocycles. The molecule has 1 rings (SSSR count). The van der Waals surface area contributed by atoms with Gasteiger partial charge in [0.05, 0.1) is 30.6 Å². The van der Waals surface area contributed by atoms with Crippen LogP contribution in [0.2, 0.25) is 0 Å². The highest BCUT2D eigenvalue weighted by Gasteiger charge is 2.14. The molecule has 116 valence electrons. The fraction of sp³-hybridized carbons (Fsp3) is 0.385. The summed E-state index contributed by atoms with van der Waals surface area (Å²) in [4.78, 5) is 21.7. The van der Waals surface area contributed by atoms with Crippen LogP contribution >= 0.6 is 0 Å². The predicted molar refractivity (Wildman–Crippen MR) is 74.2 cm³/mol. The minimum absolute atomic E-state index is 0.0565. The van der Waals surface area contributed by atoms with Gasteiger partial charge in [0.2, 0.25) is 0 Å². The van der Waals surface area contributed by atoms with Gasteiger partial charge in [0, 0.05) is 0 Å². The molecule has 0 aromatic heterocycles. The number of carboxylic acid groups (broad SMARTS) is 1. The first-order valence-corrected chi connectivity index (χ1v) is 7.89. The molecule has 1 aromatic carbocycles. The van der Waals surface area contributed by atoms with Crippen molar-refractivity contribution in [3.63, 3.8) is 0 Å². The first kappa shape index (κ1) is 17.0. The zero-order valence-electron chi connectivity index (χ0n) is 11.4. The van der Waals surface area contributed by atoms with Gasteiger partial charge in [-0.1, -0.05) is 6.07 Å². The van der Waals surface area contributed by atoms with Gasteiger partial charge in [-0.25, -0.2) is 13.2 Å². The van der Waals surface area contributed by atoms with Gasteiger partial charge < -0.3 is 14.6 Å². The minimum Gasteiger partial charge on any atom is -0.493 e. The van der Waals surface area contributed by atoms with Crippen LogP contribution < -0.4 is 4.74 Å². The van der Waals surface area contributed by atoms with E-state index in [0.717, 1.165) is 0 Å². The van der Waals surface area contributed by atoms with Crippen LogP contribution in [0, 0.1) is 0 Å². The van der Waals surface area contributed by atoms with Crippen LogP contribution in [0.1, 0.15) is 16.8 Å². The van der Waals surface area contributed by atoms with E-state index in [1.165, 1.54) is 31.4 Å². The maximum atomic E-state index is 11.6. The second-order valence-electron chi connectivity index (χ2n) is 4.16. The first-order valence-electron chi connectivity index (χ1n) is 6.07. The quantitative estimate of drug-likeness (QED) is 0.705. The van der Waals surface area contributed by atoms with Crippen LogP contribution in [0.25, 0.3) is 0 Å². The Labute approximate surface area is 122 Å². The summed E-state index contributed by atoms with van der Waals surface area (Å²) in [6.07, 6.45) is -0.201. The third-order valence-corrected chi connectivity index (χ3v) is 4.20. The number of carbonyl (C=O) groups excluding carboxylic acids is 1. The average molecular weight is 316 g/mol. The van der Waals surface area contributed by atoms with Crippen LogP contribution in [-0.2, 0) is 19.4 Å². The average Bonchev–Trinajstić information content (AvgIpc) is 2.45. The third-order valence-electron chi connectivity index (χ3n) is 2.59. The lowest BCUT2D eigenvalue weighted by molar-refractivity contribution is -0.140. The molecular weight excluding hydrogens is 300 g/mol. The minimum atomic E-state index is -3.43. The van der Waals surface area contributed by atoms with Crippen molar-refractivity contribution in [2.24, 2.45) is 0 Å². The van der Waals surface area contributed by atoms with E-state index in [0.29, 0.717) is 0 Å². The molecule has 1 aromatic rings. The van der Waals surface area contributed by atoms with Crippen LogP contribution in [-0.4, -0.2) is 50.7 Å². The summed E-state index contributed by atoms with van der Waals surface area (Å²) >= 11 is 0. The second kappa shape index (κ2) is 7.63. The highest BCUT2D eigenvalue weighted by atomic mass is 32.2. The summed E-state index contributed by atoms with van der Waals surface area (Å²) in [5, 5.41) is 8.81. The molecule has 21 heavy (non-hydrogen) atoms. The Hall–Kier alpha value is -2.09. The molecule has 0 aliphatic carbocycles. The van der Waals surface area contributed by atoms with Crippen LogP contribution in [0.3, 0.4) is 0 Å². The highest BCUT2D eigenvalue weighted by Crippen LogP contribution is 2.13. The predicted octanol–water partition coefficient (Wildman–Crippen LogP) is 0.741. The summed E-state index contributed by atoms with van der Waals surface area (Å²) in [7, 11) is -2.24. The molecular formula is C13H16O7S. The van der Waals surface area contributed by atoms with Crippen molar-refractivity contribution in [1.82, 2.24) is 0 Å². The van der Waals surface area contributed by atoms with E-state index in [1.54, 1.807) is 0 Å². The largest absolute Gasteiger partial charge is 0.493 e. The van der Waals surface area contributed by atoms with Crippen molar-refractivity contribution in [3.05, 3.63) is 29.8 Å². The van der Waals surface area contributed by atoms with Crippen molar-refractivity contribution in [1.29, 1.82) is 0 Å². The lowest BCUT2D eigenvalue weighted by Crippen LogP contribution is -2.19. The fourth-order valence-corrected chi connectivity index (χ4v) is 2.47. The number of benzene rings is 1. The molecule has 0 aliphatic rings. The number of ether oxygens (including phenoxy) is 2. The molecule has 1 N–H and O–H groups in total. The molecule has 0 radical (unpaired) electrons. The van der Waals surface area contributed by atoms with E-state index >= 15 is 0 Å². The number of carbonyl (C=O) groups is 2. The number of hydrogen-bond donors (Lipinski definition) is 1. The molecule has 0 fully saturated rings. The Kier molecular flexibility index (Phi) is 6.16. The van der Waals surface area contributed by atoms with E-state index in [4.69, 9.17) is 9.84 Å². The molecule has 8 heteroatoms. The van der Waals surface area contributed by atoms with Gasteiger partial charge in [-0.2, -0.15) is 0 Å². The van der Waals surface area contributed by atoms with Crippen LogP contribution in [0.15, 0.2) is 24.3 Å². The van der Waals surface area contributed by atoms with E-state index in [1.807, 2.05) is 0 Å². The van der Waals surface area contributed by atoms with Crippen LogP contribution in [0.5, 0.6) is 5.75 Å². The van der Waals surface area contributed by atoms with E-state index in [2.05, 4.69) is 4.74 Å². The third kappa shape index (κ3) is 6.26. The van der Waals surface area contributed by atoms with E-state index in [-0.39, 0.29) is 35.8 Å². The fourth-order valence-electron chi connectivity index (χ4n) is 1.45. The van der Waals surface area contributed by atoms with Gasteiger partial charge in [0.25, 0.3) is 0 Å². The molecule has 0 unspecified atom stereocenters.